The molecule has 0 aromatic heterocycles. The Morgan fingerprint density at radius 1 is 0.886 bits per heavy atom. The Morgan fingerprint density at radius 3 is 2.29 bits per heavy atom. The normalized spacial score (nSPS) is 12.9. The van der Waals surface area contributed by atoms with E-state index < -0.39 is 18.0 Å². The summed E-state index contributed by atoms with van der Waals surface area (Å²) in [7, 11) is 0. The summed E-state index contributed by atoms with van der Waals surface area (Å²) in [5.41, 5.74) is 2.28. The summed E-state index contributed by atoms with van der Waals surface area (Å²) in [5.74, 6) is -0.467. The summed E-state index contributed by atoms with van der Waals surface area (Å²) in [6, 6.07) is 18.1. The van der Waals surface area contributed by atoms with Gasteiger partial charge in [-0.2, -0.15) is 11.8 Å². The Bertz CT molecular complexity index is 897. The molecule has 0 saturated carbocycles. The number of hydrogen-bond donors (Lipinski definition) is 3. The topological polar surface area (TPSA) is 104 Å². The van der Waals surface area contributed by atoms with Crippen LogP contribution >= 0.6 is 11.8 Å². The highest BCUT2D eigenvalue weighted by atomic mass is 32.2. The zero-order valence-corrected chi connectivity index (χ0v) is 20.9. The maximum Gasteiger partial charge on any atom is 0.304 e. The van der Waals surface area contributed by atoms with Gasteiger partial charge in [0.15, 0.2) is 0 Å². The van der Waals surface area contributed by atoms with Gasteiger partial charge in [0, 0.05) is 17.4 Å². The maximum atomic E-state index is 10.8. The van der Waals surface area contributed by atoms with Crippen LogP contribution in [0.2, 0.25) is 0 Å². The minimum absolute atomic E-state index is 0.00873. The second-order valence-electron chi connectivity index (χ2n) is 8.41. The molecule has 2 aromatic carbocycles. The Labute approximate surface area is 212 Å². The lowest BCUT2D eigenvalue weighted by atomic mass is 10.0. The van der Waals surface area contributed by atoms with Crippen LogP contribution in [0.25, 0.3) is 6.08 Å². The van der Waals surface area contributed by atoms with Crippen LogP contribution in [0.3, 0.4) is 0 Å². The predicted octanol–water partition coefficient (Wildman–Crippen LogP) is 5.68. The molecule has 0 fully saturated rings. The van der Waals surface area contributed by atoms with Gasteiger partial charge in [0.05, 0.1) is 19.1 Å². The van der Waals surface area contributed by atoms with Crippen molar-refractivity contribution in [2.24, 2.45) is 0 Å². The zero-order valence-electron chi connectivity index (χ0n) is 20.1. The van der Waals surface area contributed by atoms with Gasteiger partial charge in [0.25, 0.3) is 0 Å². The fourth-order valence-electron chi connectivity index (χ4n) is 3.52. The lowest BCUT2D eigenvalue weighted by Gasteiger charge is -2.19. The second kappa shape index (κ2) is 16.8. The average molecular weight is 501 g/mol. The van der Waals surface area contributed by atoms with Crippen molar-refractivity contribution in [1.82, 2.24) is 0 Å². The summed E-state index contributed by atoms with van der Waals surface area (Å²) < 4.78 is 5.72. The van der Waals surface area contributed by atoms with Crippen LogP contribution < -0.4 is 4.74 Å². The largest absolute Gasteiger partial charge is 0.494 e. The van der Waals surface area contributed by atoms with E-state index in [4.69, 9.17) is 14.9 Å². The molecule has 0 radical (unpaired) electrons. The highest BCUT2D eigenvalue weighted by Gasteiger charge is 2.17. The van der Waals surface area contributed by atoms with Gasteiger partial charge in [-0.3, -0.25) is 9.59 Å². The lowest BCUT2D eigenvalue weighted by Crippen LogP contribution is -2.22. The molecule has 0 saturated heterocycles. The number of rotatable bonds is 18. The number of carboxylic acid groups (broad SMARTS) is 2. The third-order valence-corrected chi connectivity index (χ3v) is 6.77. The zero-order chi connectivity index (χ0) is 25.3. The molecule has 7 heteroatoms. The van der Waals surface area contributed by atoms with Crippen LogP contribution in [0.15, 0.2) is 60.7 Å². The van der Waals surface area contributed by atoms with E-state index in [1.54, 1.807) is 0 Å². The van der Waals surface area contributed by atoms with Gasteiger partial charge < -0.3 is 20.1 Å². The van der Waals surface area contributed by atoms with Gasteiger partial charge in [0.2, 0.25) is 0 Å². The number of carboxylic acids is 2. The van der Waals surface area contributed by atoms with E-state index in [0.29, 0.717) is 18.6 Å². The monoisotopic (exact) mass is 500 g/mol. The van der Waals surface area contributed by atoms with Crippen LogP contribution in [0, 0.1) is 0 Å². The smallest absolute Gasteiger partial charge is 0.304 e. The van der Waals surface area contributed by atoms with Crippen molar-refractivity contribution < 1.29 is 29.6 Å². The first-order chi connectivity index (χ1) is 16.9. The molecule has 0 aliphatic carbocycles. The number of aliphatic hydroxyl groups excluding tert-OH is 1. The molecule has 35 heavy (non-hydrogen) atoms. The van der Waals surface area contributed by atoms with Gasteiger partial charge in [-0.15, -0.1) is 0 Å². The molecule has 2 rings (SSSR count). The van der Waals surface area contributed by atoms with Crippen LogP contribution in [0.1, 0.15) is 56.1 Å². The molecule has 0 heterocycles. The second-order valence-corrected chi connectivity index (χ2v) is 9.69. The van der Waals surface area contributed by atoms with Crippen molar-refractivity contribution in [3.63, 3.8) is 0 Å². The number of ether oxygens (including phenoxy) is 1. The number of benzene rings is 2. The first kappa shape index (κ1) is 28.5. The number of unbranched alkanes of at least 4 members (excludes halogenated alkanes) is 2. The molecule has 0 spiro atoms. The molecule has 6 nitrogen and oxygen atoms in total. The van der Waals surface area contributed by atoms with Gasteiger partial charge >= 0.3 is 11.9 Å². The highest BCUT2D eigenvalue weighted by molar-refractivity contribution is 8.00. The summed E-state index contributed by atoms with van der Waals surface area (Å²) in [6.45, 7) is 0.724. The minimum Gasteiger partial charge on any atom is -0.494 e. The van der Waals surface area contributed by atoms with E-state index in [2.05, 4.69) is 12.1 Å². The van der Waals surface area contributed by atoms with E-state index in [9.17, 15) is 14.7 Å². The Kier molecular flexibility index (Phi) is 13.7. The first-order valence-corrected chi connectivity index (χ1v) is 13.2. The number of para-hydroxylation sites is 1. The number of carbonyl (C=O) groups is 2. The van der Waals surface area contributed by atoms with E-state index in [1.807, 2.05) is 54.6 Å². The van der Waals surface area contributed by atoms with Gasteiger partial charge in [-0.25, -0.2) is 0 Å². The average Bonchev–Trinajstić information content (AvgIpc) is 2.84. The van der Waals surface area contributed by atoms with E-state index in [0.717, 1.165) is 43.6 Å². The lowest BCUT2D eigenvalue weighted by molar-refractivity contribution is -0.137. The Hall–Kier alpha value is -2.77. The Morgan fingerprint density at radius 2 is 1.60 bits per heavy atom. The van der Waals surface area contributed by atoms with Gasteiger partial charge in [0.1, 0.15) is 5.75 Å². The van der Waals surface area contributed by atoms with E-state index in [1.165, 1.54) is 17.3 Å². The third-order valence-electron chi connectivity index (χ3n) is 5.48. The van der Waals surface area contributed by atoms with Crippen molar-refractivity contribution in [2.45, 2.75) is 62.7 Å². The van der Waals surface area contributed by atoms with Crippen molar-refractivity contribution in [2.75, 3.05) is 12.4 Å². The van der Waals surface area contributed by atoms with Crippen LogP contribution in [-0.4, -0.2) is 51.0 Å². The SMILES string of the molecule is O=C(O)CCC[C@H](O)[C@@H](/C=C\c1ccc(CCCCCOc2ccccc2)cc1)SCCC(=O)O. The van der Waals surface area contributed by atoms with Gasteiger partial charge in [-0.05, 0) is 61.8 Å². The quantitative estimate of drug-likeness (QED) is 0.226. The fourth-order valence-corrected chi connectivity index (χ4v) is 4.63. The number of hydrogen-bond acceptors (Lipinski definition) is 5. The van der Waals surface area contributed by atoms with E-state index in [-0.39, 0.29) is 18.1 Å². The third kappa shape index (κ3) is 13.0. The molecule has 3 N–H and O–H groups in total. The van der Waals surface area contributed by atoms with Crippen LogP contribution in [-0.2, 0) is 16.0 Å². The van der Waals surface area contributed by atoms with Crippen molar-refractivity contribution in [1.29, 1.82) is 0 Å². The minimum atomic E-state index is -0.886. The number of aryl methyl sites for hydroxylation is 1. The summed E-state index contributed by atoms with van der Waals surface area (Å²) in [6.07, 6.45) is 8.08. The molecular weight excluding hydrogens is 464 g/mol. The molecular formula is C28H36O6S. The molecule has 2 aromatic rings. The Balaban J connectivity index is 1.77. The fraction of sp³-hybridized carbons (Fsp3) is 0.429. The van der Waals surface area contributed by atoms with Gasteiger partial charge in [-0.1, -0.05) is 54.6 Å². The van der Waals surface area contributed by atoms with Crippen molar-refractivity contribution >= 4 is 29.8 Å². The molecule has 0 amide bonds. The standard InChI is InChI=1S/C28H36O6S/c29-25(11-7-12-27(30)31)26(35-21-19-28(32)33)18-17-23-15-13-22(14-16-23)8-3-2-6-20-34-24-9-4-1-5-10-24/h1,4-5,9-10,13-18,25-26,29H,2-3,6-8,11-12,19-21H2,(H,30,31)(H,32,33)/b18-17-/t25-,26+/m0/s1. The van der Waals surface area contributed by atoms with Crippen molar-refractivity contribution in [3.05, 3.63) is 71.8 Å². The van der Waals surface area contributed by atoms with E-state index >= 15 is 0 Å². The summed E-state index contributed by atoms with van der Waals surface area (Å²) >= 11 is 1.38. The summed E-state index contributed by atoms with van der Waals surface area (Å²) in [4.78, 5) is 21.6. The summed E-state index contributed by atoms with van der Waals surface area (Å²) in [5, 5.41) is 27.9. The molecule has 0 aliphatic heterocycles. The predicted molar refractivity (Wildman–Crippen MR) is 141 cm³/mol. The highest BCUT2D eigenvalue weighted by Crippen LogP contribution is 2.22. The molecule has 2 atom stereocenters. The number of aliphatic hydroxyl groups is 1. The molecule has 190 valence electrons. The maximum absolute atomic E-state index is 10.8. The molecule has 0 aliphatic rings. The van der Waals surface area contributed by atoms with Crippen molar-refractivity contribution in [3.8, 4) is 5.75 Å². The first-order valence-electron chi connectivity index (χ1n) is 12.1. The van der Waals surface area contributed by atoms with Crippen LogP contribution in [0.4, 0.5) is 0 Å². The number of thioether (sulfide) groups is 1. The molecule has 0 unspecified atom stereocenters. The molecule has 0 bridgehead atoms. The number of aliphatic carboxylic acids is 2. The van der Waals surface area contributed by atoms with Crippen LogP contribution in [0.5, 0.6) is 5.75 Å².